The van der Waals surface area contributed by atoms with Crippen molar-refractivity contribution in [2.24, 2.45) is 0 Å². The predicted octanol–water partition coefficient (Wildman–Crippen LogP) is 2.55. The molecular formula is C8H5BrF2O2. The Hall–Kier alpha value is -0.970. The number of carbonyl (C=O) groups is 1. The van der Waals surface area contributed by atoms with E-state index >= 15 is 0 Å². The highest BCUT2D eigenvalue weighted by Crippen LogP contribution is 2.31. The lowest BCUT2D eigenvalue weighted by Gasteiger charge is -2.07. The average molecular weight is 251 g/mol. The lowest BCUT2D eigenvalue weighted by Crippen LogP contribution is -1.98. The Balaban J connectivity index is 3.50. The molecule has 0 saturated carbocycles. The van der Waals surface area contributed by atoms with Gasteiger partial charge in [0, 0.05) is 0 Å². The van der Waals surface area contributed by atoms with Gasteiger partial charge >= 0.3 is 0 Å². The van der Waals surface area contributed by atoms with Crippen LogP contribution in [0.25, 0.3) is 0 Å². The molecule has 0 aliphatic carbocycles. The number of carbonyl (C=O) groups excluding carboxylic acids is 1. The molecule has 1 rings (SSSR count). The molecule has 2 nitrogen and oxygen atoms in total. The summed E-state index contributed by atoms with van der Waals surface area (Å²) in [6.07, 6.45) is 0.210. The van der Waals surface area contributed by atoms with E-state index in [2.05, 4.69) is 15.9 Å². The maximum Gasteiger partial charge on any atom is 0.173 e. The SMILES string of the molecule is COc1c(Br)cc(F)c(F)c1C=O. The Morgan fingerprint density at radius 3 is 2.62 bits per heavy atom. The second kappa shape index (κ2) is 3.83. The summed E-state index contributed by atoms with van der Waals surface area (Å²) in [5, 5.41) is 0. The number of hydrogen-bond donors (Lipinski definition) is 0. The number of methoxy groups -OCH3 is 1. The number of aldehydes is 1. The summed E-state index contributed by atoms with van der Waals surface area (Å²) in [5.74, 6) is -2.29. The largest absolute Gasteiger partial charge is 0.495 e. The van der Waals surface area contributed by atoms with Crippen LogP contribution in [0.1, 0.15) is 10.4 Å². The Morgan fingerprint density at radius 2 is 2.15 bits per heavy atom. The summed E-state index contributed by atoms with van der Waals surface area (Å²) in [6.45, 7) is 0. The zero-order chi connectivity index (χ0) is 10.0. The first kappa shape index (κ1) is 10.1. The third-order valence-electron chi connectivity index (χ3n) is 1.48. The van der Waals surface area contributed by atoms with Crippen LogP contribution in [0.2, 0.25) is 0 Å². The maximum atomic E-state index is 12.9. The van der Waals surface area contributed by atoms with Crippen LogP contribution in [0.15, 0.2) is 10.5 Å². The van der Waals surface area contributed by atoms with Crippen molar-refractivity contribution < 1.29 is 18.3 Å². The molecule has 0 aliphatic heterocycles. The fourth-order valence-electron chi connectivity index (χ4n) is 0.910. The van der Waals surface area contributed by atoms with Gasteiger partial charge in [0.05, 0.1) is 17.1 Å². The van der Waals surface area contributed by atoms with Crippen molar-refractivity contribution in [2.75, 3.05) is 7.11 Å². The molecule has 0 atom stereocenters. The molecule has 1 aromatic carbocycles. The highest BCUT2D eigenvalue weighted by molar-refractivity contribution is 9.10. The molecule has 0 bridgehead atoms. The van der Waals surface area contributed by atoms with Gasteiger partial charge < -0.3 is 4.74 Å². The molecular weight excluding hydrogens is 246 g/mol. The van der Waals surface area contributed by atoms with E-state index in [0.29, 0.717) is 0 Å². The monoisotopic (exact) mass is 250 g/mol. The van der Waals surface area contributed by atoms with E-state index in [0.717, 1.165) is 6.07 Å². The zero-order valence-corrected chi connectivity index (χ0v) is 8.19. The van der Waals surface area contributed by atoms with Gasteiger partial charge in [-0.25, -0.2) is 8.78 Å². The van der Waals surface area contributed by atoms with Crippen molar-refractivity contribution >= 4 is 22.2 Å². The third kappa shape index (κ3) is 1.70. The first-order valence-electron chi connectivity index (χ1n) is 3.28. The van der Waals surface area contributed by atoms with Crippen molar-refractivity contribution in [3.05, 3.63) is 27.7 Å². The number of benzene rings is 1. The molecule has 0 aromatic heterocycles. The molecule has 0 N–H and O–H groups in total. The minimum Gasteiger partial charge on any atom is -0.495 e. The van der Waals surface area contributed by atoms with E-state index in [-0.39, 0.29) is 16.5 Å². The second-order valence-electron chi connectivity index (χ2n) is 2.22. The van der Waals surface area contributed by atoms with Gasteiger partial charge in [-0.05, 0) is 22.0 Å². The fourth-order valence-corrected chi connectivity index (χ4v) is 1.49. The Kier molecular flexibility index (Phi) is 2.98. The predicted molar refractivity (Wildman–Crippen MR) is 46.0 cm³/mol. The summed E-state index contributed by atoms with van der Waals surface area (Å²) in [7, 11) is 1.27. The lowest BCUT2D eigenvalue weighted by molar-refractivity contribution is 0.111. The summed E-state index contributed by atoms with van der Waals surface area (Å²) < 4.78 is 30.6. The van der Waals surface area contributed by atoms with Gasteiger partial charge in [0.25, 0.3) is 0 Å². The molecule has 0 saturated heterocycles. The maximum absolute atomic E-state index is 12.9. The quantitative estimate of drug-likeness (QED) is 0.596. The summed E-state index contributed by atoms with van der Waals surface area (Å²) >= 11 is 2.94. The average Bonchev–Trinajstić information content (AvgIpc) is 2.10. The molecule has 0 spiro atoms. The topological polar surface area (TPSA) is 26.3 Å². The van der Waals surface area contributed by atoms with Gasteiger partial charge in [-0.15, -0.1) is 0 Å². The lowest BCUT2D eigenvalue weighted by atomic mass is 10.2. The van der Waals surface area contributed by atoms with Gasteiger partial charge in [-0.2, -0.15) is 0 Å². The fraction of sp³-hybridized carbons (Fsp3) is 0.125. The molecule has 5 heteroatoms. The van der Waals surface area contributed by atoms with Gasteiger partial charge in [0.15, 0.2) is 17.9 Å². The van der Waals surface area contributed by atoms with Gasteiger partial charge in [0.2, 0.25) is 0 Å². The number of hydrogen-bond acceptors (Lipinski definition) is 2. The van der Waals surface area contributed by atoms with Gasteiger partial charge in [-0.1, -0.05) is 0 Å². The number of ether oxygens (including phenoxy) is 1. The van der Waals surface area contributed by atoms with Gasteiger partial charge in [-0.3, -0.25) is 4.79 Å². The van der Waals surface area contributed by atoms with E-state index in [1.165, 1.54) is 7.11 Å². The Morgan fingerprint density at radius 1 is 1.54 bits per heavy atom. The molecule has 70 valence electrons. The minimum atomic E-state index is -1.20. The highest BCUT2D eigenvalue weighted by Gasteiger charge is 2.17. The Bertz CT molecular complexity index is 352. The van der Waals surface area contributed by atoms with Crippen molar-refractivity contribution in [2.45, 2.75) is 0 Å². The van der Waals surface area contributed by atoms with E-state index in [9.17, 15) is 13.6 Å². The molecule has 0 aliphatic rings. The van der Waals surface area contributed by atoms with Gasteiger partial charge in [0.1, 0.15) is 5.75 Å². The third-order valence-corrected chi connectivity index (χ3v) is 2.07. The van der Waals surface area contributed by atoms with E-state index in [1.807, 2.05) is 0 Å². The molecule has 0 unspecified atom stereocenters. The zero-order valence-electron chi connectivity index (χ0n) is 6.61. The first-order chi connectivity index (χ1) is 6.11. The minimum absolute atomic E-state index is 0.00565. The molecule has 0 radical (unpaired) electrons. The van der Waals surface area contributed by atoms with Crippen LogP contribution in [0.3, 0.4) is 0 Å². The highest BCUT2D eigenvalue weighted by atomic mass is 79.9. The first-order valence-corrected chi connectivity index (χ1v) is 4.07. The van der Waals surface area contributed by atoms with Crippen LogP contribution < -0.4 is 4.74 Å². The molecule has 1 aromatic rings. The Labute approximate surface area is 81.6 Å². The van der Waals surface area contributed by atoms with Crippen LogP contribution >= 0.6 is 15.9 Å². The summed E-state index contributed by atoms with van der Waals surface area (Å²) in [6, 6.07) is 0.904. The van der Waals surface area contributed by atoms with Crippen LogP contribution in [-0.2, 0) is 0 Å². The van der Waals surface area contributed by atoms with Crippen molar-refractivity contribution in [3.8, 4) is 5.75 Å². The van der Waals surface area contributed by atoms with E-state index < -0.39 is 17.2 Å². The normalized spacial score (nSPS) is 9.85. The second-order valence-corrected chi connectivity index (χ2v) is 3.07. The van der Waals surface area contributed by atoms with Crippen LogP contribution in [-0.4, -0.2) is 13.4 Å². The number of halogens is 3. The van der Waals surface area contributed by atoms with E-state index in [1.54, 1.807) is 0 Å². The number of rotatable bonds is 2. The molecule has 0 fully saturated rings. The van der Waals surface area contributed by atoms with Crippen LogP contribution in [0.5, 0.6) is 5.75 Å². The molecule has 13 heavy (non-hydrogen) atoms. The van der Waals surface area contributed by atoms with Crippen LogP contribution in [0, 0.1) is 11.6 Å². The summed E-state index contributed by atoms with van der Waals surface area (Å²) in [5.41, 5.74) is -0.422. The molecule has 0 heterocycles. The smallest absolute Gasteiger partial charge is 0.173 e. The molecule has 0 amide bonds. The van der Waals surface area contributed by atoms with Crippen molar-refractivity contribution in [1.29, 1.82) is 0 Å². The summed E-state index contributed by atoms with van der Waals surface area (Å²) in [4.78, 5) is 10.4. The van der Waals surface area contributed by atoms with Crippen molar-refractivity contribution in [3.63, 3.8) is 0 Å². The van der Waals surface area contributed by atoms with Crippen LogP contribution in [0.4, 0.5) is 8.78 Å². The van der Waals surface area contributed by atoms with E-state index in [4.69, 9.17) is 4.74 Å². The standard InChI is InChI=1S/C8H5BrF2O2/c1-13-8-4(3-12)7(11)6(10)2-5(8)9/h2-3H,1H3. The van der Waals surface area contributed by atoms with Crippen molar-refractivity contribution in [1.82, 2.24) is 0 Å².